The van der Waals surface area contributed by atoms with E-state index in [0.717, 1.165) is 19.3 Å². The predicted octanol–water partition coefficient (Wildman–Crippen LogP) is -0.837. The highest BCUT2D eigenvalue weighted by atomic mass is 32.2. The van der Waals surface area contributed by atoms with Gasteiger partial charge in [-0.15, -0.1) is 0 Å². The monoisotopic (exact) mass is 278 g/mol. The van der Waals surface area contributed by atoms with Crippen molar-refractivity contribution >= 4 is 15.7 Å². The van der Waals surface area contributed by atoms with E-state index in [-0.39, 0.29) is 18.2 Å². The number of hydrogen-bond acceptors (Lipinski definition) is 5. The summed E-state index contributed by atoms with van der Waals surface area (Å²) in [7, 11) is -1.46. The lowest BCUT2D eigenvalue weighted by Crippen LogP contribution is -2.50. The zero-order valence-electron chi connectivity index (χ0n) is 11.0. The molecule has 6 nitrogen and oxygen atoms in total. The second-order valence-corrected chi connectivity index (χ2v) is 7.11. The number of amides is 1. The first kappa shape index (κ1) is 15.4. The van der Waals surface area contributed by atoms with Crippen LogP contribution in [0.5, 0.6) is 0 Å². The summed E-state index contributed by atoms with van der Waals surface area (Å²) in [5, 5.41) is 5.91. The molecule has 0 aromatic rings. The molecular weight excluding hydrogens is 256 g/mol. The lowest BCUT2D eigenvalue weighted by atomic mass is 9.78. The number of ether oxygens (including phenoxy) is 1. The van der Waals surface area contributed by atoms with Crippen molar-refractivity contribution < 1.29 is 17.9 Å². The molecular formula is C11H22N2O4S. The largest absolute Gasteiger partial charge is 0.384 e. The summed E-state index contributed by atoms with van der Waals surface area (Å²) in [4.78, 5) is 12.2. The van der Waals surface area contributed by atoms with Crippen LogP contribution in [0.25, 0.3) is 0 Å². The number of nitrogens with one attached hydrogen (secondary N) is 2. The molecule has 1 heterocycles. The van der Waals surface area contributed by atoms with Gasteiger partial charge in [-0.25, -0.2) is 8.42 Å². The van der Waals surface area contributed by atoms with Gasteiger partial charge in [0, 0.05) is 19.9 Å². The van der Waals surface area contributed by atoms with Gasteiger partial charge in [-0.05, 0) is 25.9 Å². The average Bonchev–Trinajstić information content (AvgIpc) is 2.29. The number of carbonyl (C=O) groups excluding carboxylic acids is 1. The molecule has 0 aromatic carbocycles. The van der Waals surface area contributed by atoms with Crippen LogP contribution >= 0.6 is 0 Å². The van der Waals surface area contributed by atoms with E-state index in [1.54, 1.807) is 7.11 Å². The molecule has 1 aliphatic rings. The third kappa shape index (κ3) is 4.55. The molecule has 0 atom stereocenters. The first-order chi connectivity index (χ1) is 8.40. The molecule has 1 rings (SSSR count). The Bertz CT molecular complexity index is 369. The van der Waals surface area contributed by atoms with E-state index in [2.05, 4.69) is 10.6 Å². The van der Waals surface area contributed by atoms with Crippen LogP contribution in [-0.2, 0) is 19.4 Å². The maximum Gasteiger partial charge on any atom is 0.228 e. The number of piperidine rings is 1. The molecule has 7 heteroatoms. The second kappa shape index (κ2) is 6.49. The number of methoxy groups -OCH3 is 1. The number of rotatable bonds is 6. The lowest BCUT2D eigenvalue weighted by molar-refractivity contribution is -0.136. The lowest BCUT2D eigenvalue weighted by Gasteiger charge is -2.35. The Morgan fingerprint density at radius 1 is 1.39 bits per heavy atom. The molecule has 0 unspecified atom stereocenters. The van der Waals surface area contributed by atoms with Gasteiger partial charge in [-0.1, -0.05) is 0 Å². The standard InChI is InChI=1S/C11H22N2O4S/c1-17-9-11(3-5-12-6-4-11)10(14)13-7-8-18(2,15)16/h12H,3-9H2,1-2H3,(H,13,14). The van der Waals surface area contributed by atoms with E-state index in [1.165, 1.54) is 0 Å². The van der Waals surface area contributed by atoms with Crippen LogP contribution in [0, 0.1) is 5.41 Å². The molecule has 18 heavy (non-hydrogen) atoms. The predicted molar refractivity (Wildman–Crippen MR) is 69.1 cm³/mol. The van der Waals surface area contributed by atoms with Crippen LogP contribution in [0.2, 0.25) is 0 Å². The number of carbonyl (C=O) groups is 1. The average molecular weight is 278 g/mol. The van der Waals surface area contributed by atoms with Crippen molar-refractivity contribution in [3.63, 3.8) is 0 Å². The van der Waals surface area contributed by atoms with Crippen molar-refractivity contribution in [3.05, 3.63) is 0 Å². The van der Waals surface area contributed by atoms with Gasteiger partial charge in [0.05, 0.1) is 17.8 Å². The van der Waals surface area contributed by atoms with Crippen molar-refractivity contribution in [2.24, 2.45) is 5.41 Å². The highest BCUT2D eigenvalue weighted by Crippen LogP contribution is 2.29. The highest BCUT2D eigenvalue weighted by Gasteiger charge is 2.39. The van der Waals surface area contributed by atoms with Crippen LogP contribution in [0.15, 0.2) is 0 Å². The van der Waals surface area contributed by atoms with Crippen molar-refractivity contribution in [2.75, 3.05) is 45.4 Å². The summed E-state index contributed by atoms with van der Waals surface area (Å²) in [6.07, 6.45) is 2.59. The molecule has 0 bridgehead atoms. The maximum absolute atomic E-state index is 12.2. The molecule has 0 aliphatic carbocycles. The number of hydrogen-bond donors (Lipinski definition) is 2. The molecule has 0 spiro atoms. The third-order valence-electron chi connectivity index (χ3n) is 3.22. The quantitative estimate of drug-likeness (QED) is 0.662. The SMILES string of the molecule is COCC1(C(=O)NCCS(C)(=O)=O)CCNCC1. The highest BCUT2D eigenvalue weighted by molar-refractivity contribution is 7.90. The Balaban J connectivity index is 2.54. The van der Waals surface area contributed by atoms with E-state index >= 15 is 0 Å². The van der Waals surface area contributed by atoms with E-state index in [1.807, 2.05) is 0 Å². The van der Waals surface area contributed by atoms with Gasteiger partial charge in [0.25, 0.3) is 0 Å². The molecule has 1 aliphatic heterocycles. The minimum absolute atomic E-state index is 0.0277. The summed E-state index contributed by atoms with van der Waals surface area (Å²) >= 11 is 0. The molecule has 0 aromatic heterocycles. The molecule has 2 N–H and O–H groups in total. The van der Waals surface area contributed by atoms with Crippen molar-refractivity contribution in [1.29, 1.82) is 0 Å². The summed E-state index contributed by atoms with van der Waals surface area (Å²) in [5.74, 6) is -0.130. The summed E-state index contributed by atoms with van der Waals surface area (Å²) in [6.45, 7) is 2.10. The van der Waals surface area contributed by atoms with Crippen molar-refractivity contribution in [1.82, 2.24) is 10.6 Å². The van der Waals surface area contributed by atoms with Crippen LogP contribution < -0.4 is 10.6 Å². The second-order valence-electron chi connectivity index (χ2n) is 4.85. The third-order valence-corrected chi connectivity index (χ3v) is 4.17. The maximum atomic E-state index is 12.2. The Hall–Kier alpha value is -0.660. The van der Waals surface area contributed by atoms with Crippen LogP contribution in [0.1, 0.15) is 12.8 Å². The molecule has 0 radical (unpaired) electrons. The zero-order chi connectivity index (χ0) is 13.6. The van der Waals surface area contributed by atoms with Crippen LogP contribution in [0.3, 0.4) is 0 Å². The normalized spacial score (nSPS) is 19.4. The van der Waals surface area contributed by atoms with Gasteiger partial charge in [0.15, 0.2) is 0 Å². The fourth-order valence-electron chi connectivity index (χ4n) is 2.16. The minimum Gasteiger partial charge on any atom is -0.384 e. The fraction of sp³-hybridized carbons (Fsp3) is 0.909. The van der Waals surface area contributed by atoms with Gasteiger partial charge in [0.2, 0.25) is 5.91 Å². The van der Waals surface area contributed by atoms with Gasteiger partial charge in [-0.3, -0.25) is 4.79 Å². The first-order valence-corrected chi connectivity index (χ1v) is 8.11. The van der Waals surface area contributed by atoms with Gasteiger partial charge in [-0.2, -0.15) is 0 Å². The van der Waals surface area contributed by atoms with Crippen molar-refractivity contribution in [3.8, 4) is 0 Å². The summed E-state index contributed by atoms with van der Waals surface area (Å²) in [6, 6.07) is 0. The summed E-state index contributed by atoms with van der Waals surface area (Å²) < 4.78 is 27.2. The number of sulfone groups is 1. The van der Waals surface area contributed by atoms with Gasteiger partial charge < -0.3 is 15.4 Å². The molecule has 0 saturated carbocycles. The molecule has 106 valence electrons. The zero-order valence-corrected chi connectivity index (χ0v) is 11.8. The molecule has 1 amide bonds. The first-order valence-electron chi connectivity index (χ1n) is 6.05. The van der Waals surface area contributed by atoms with Gasteiger partial charge >= 0.3 is 0 Å². The Labute approximate surface area is 108 Å². The molecule has 1 saturated heterocycles. The Kier molecular flexibility index (Phi) is 5.55. The van der Waals surface area contributed by atoms with E-state index in [0.29, 0.717) is 19.4 Å². The van der Waals surface area contributed by atoms with Crippen LogP contribution in [-0.4, -0.2) is 59.7 Å². The molecule has 1 fully saturated rings. The topological polar surface area (TPSA) is 84.5 Å². The van der Waals surface area contributed by atoms with E-state index in [4.69, 9.17) is 4.74 Å². The fourth-order valence-corrected chi connectivity index (χ4v) is 2.63. The smallest absolute Gasteiger partial charge is 0.228 e. The Morgan fingerprint density at radius 3 is 2.50 bits per heavy atom. The summed E-state index contributed by atoms with van der Waals surface area (Å²) in [5.41, 5.74) is -0.516. The van der Waals surface area contributed by atoms with Crippen molar-refractivity contribution in [2.45, 2.75) is 12.8 Å². The minimum atomic E-state index is -3.04. The van der Waals surface area contributed by atoms with E-state index < -0.39 is 15.3 Å². The van der Waals surface area contributed by atoms with Gasteiger partial charge in [0.1, 0.15) is 9.84 Å². The van der Waals surface area contributed by atoms with Crippen LogP contribution in [0.4, 0.5) is 0 Å². The Morgan fingerprint density at radius 2 is 2.00 bits per heavy atom. The van der Waals surface area contributed by atoms with E-state index in [9.17, 15) is 13.2 Å².